The molecule has 4 rings (SSSR count). The predicted molar refractivity (Wildman–Crippen MR) is 109 cm³/mol. The first-order chi connectivity index (χ1) is 13.2. The molecule has 1 aliphatic rings. The number of fused-ring (bicyclic) bond motifs is 2. The third kappa shape index (κ3) is 3.01. The van der Waals surface area contributed by atoms with Crippen LogP contribution in [0, 0.1) is 0 Å². The molecule has 4 nitrogen and oxygen atoms in total. The van der Waals surface area contributed by atoms with Crippen molar-refractivity contribution < 1.29 is 9.53 Å². The summed E-state index contributed by atoms with van der Waals surface area (Å²) in [6.45, 7) is 5.37. The maximum absolute atomic E-state index is 13.1. The van der Waals surface area contributed by atoms with Gasteiger partial charge in [-0.3, -0.25) is 4.79 Å². The number of hydrogen-bond acceptors (Lipinski definition) is 3. The maximum atomic E-state index is 13.1. The molecule has 1 N–H and O–H groups in total. The molecule has 0 saturated heterocycles. The van der Waals surface area contributed by atoms with Crippen LogP contribution in [0.25, 0.3) is 10.8 Å². The molecule has 0 aromatic heterocycles. The highest BCUT2D eigenvalue weighted by Crippen LogP contribution is 2.40. The summed E-state index contributed by atoms with van der Waals surface area (Å²) in [5.74, 6) is 0.880. The fourth-order valence-electron chi connectivity index (χ4n) is 3.74. The van der Waals surface area contributed by atoms with E-state index in [0.717, 1.165) is 34.2 Å². The zero-order valence-electron chi connectivity index (χ0n) is 15.7. The lowest BCUT2D eigenvalue weighted by molar-refractivity contribution is 0.0694. The number of amides is 1. The Morgan fingerprint density at radius 1 is 1.00 bits per heavy atom. The van der Waals surface area contributed by atoms with Gasteiger partial charge in [0.1, 0.15) is 11.9 Å². The van der Waals surface area contributed by atoms with E-state index in [-0.39, 0.29) is 12.1 Å². The number of nitrogens with zero attached hydrogens (tertiary/aromatic N) is 1. The lowest BCUT2D eigenvalue weighted by atomic mass is 9.97. The van der Waals surface area contributed by atoms with Gasteiger partial charge in [0.2, 0.25) is 0 Å². The molecule has 1 aliphatic heterocycles. The van der Waals surface area contributed by atoms with E-state index in [0.29, 0.717) is 18.7 Å². The largest absolute Gasteiger partial charge is 0.493 e. The first kappa shape index (κ1) is 17.4. The third-order valence-corrected chi connectivity index (χ3v) is 5.03. The van der Waals surface area contributed by atoms with E-state index < -0.39 is 0 Å². The average molecular weight is 360 g/mol. The van der Waals surface area contributed by atoms with Gasteiger partial charge >= 0.3 is 0 Å². The molecule has 0 spiro atoms. The van der Waals surface area contributed by atoms with Gasteiger partial charge in [-0.25, -0.2) is 0 Å². The summed E-state index contributed by atoms with van der Waals surface area (Å²) in [5, 5.41) is 5.82. The van der Waals surface area contributed by atoms with Crippen LogP contribution in [0.4, 0.5) is 5.69 Å². The Labute approximate surface area is 159 Å². The van der Waals surface area contributed by atoms with Gasteiger partial charge in [0.15, 0.2) is 0 Å². The van der Waals surface area contributed by atoms with Crippen molar-refractivity contribution in [2.45, 2.75) is 26.4 Å². The molecule has 4 heteroatoms. The van der Waals surface area contributed by atoms with Gasteiger partial charge in [0.05, 0.1) is 12.2 Å². The molecule has 0 aliphatic carbocycles. The van der Waals surface area contributed by atoms with Crippen LogP contribution in [-0.4, -0.2) is 24.0 Å². The van der Waals surface area contributed by atoms with Crippen LogP contribution in [0.5, 0.6) is 5.75 Å². The summed E-state index contributed by atoms with van der Waals surface area (Å²) in [7, 11) is 0. The smallest absolute Gasteiger partial charge is 0.257 e. The number of carbonyl (C=O) groups is 1. The lowest BCUT2D eigenvalue weighted by Crippen LogP contribution is -2.43. The summed E-state index contributed by atoms with van der Waals surface area (Å²) in [6, 6.07) is 20.1. The summed E-state index contributed by atoms with van der Waals surface area (Å²) in [4.78, 5) is 15.0. The van der Waals surface area contributed by atoms with Crippen LogP contribution >= 0.6 is 0 Å². The minimum atomic E-state index is -0.268. The van der Waals surface area contributed by atoms with Gasteiger partial charge in [0, 0.05) is 17.8 Å². The second-order valence-electron chi connectivity index (χ2n) is 6.73. The summed E-state index contributed by atoms with van der Waals surface area (Å²) in [6.07, 6.45) is 0.666. The van der Waals surface area contributed by atoms with E-state index in [9.17, 15) is 4.79 Å². The Morgan fingerprint density at radius 2 is 1.78 bits per heavy atom. The molecule has 1 heterocycles. The quantitative estimate of drug-likeness (QED) is 0.679. The monoisotopic (exact) mass is 360 g/mol. The molecule has 0 saturated carbocycles. The van der Waals surface area contributed by atoms with Gasteiger partial charge in [-0.05, 0) is 42.3 Å². The first-order valence-electron chi connectivity index (χ1n) is 9.55. The average Bonchev–Trinajstić information content (AvgIpc) is 2.71. The van der Waals surface area contributed by atoms with Crippen LogP contribution < -0.4 is 10.1 Å². The number of carbonyl (C=O) groups excluding carboxylic acids is 1. The molecule has 0 radical (unpaired) electrons. The Balaban J connectivity index is 1.90. The molecule has 138 valence electrons. The molecule has 1 unspecified atom stereocenters. The zero-order valence-corrected chi connectivity index (χ0v) is 15.7. The first-order valence-corrected chi connectivity index (χ1v) is 9.55. The Hall–Kier alpha value is -3.01. The van der Waals surface area contributed by atoms with Crippen LogP contribution in [0.15, 0.2) is 60.7 Å². The van der Waals surface area contributed by atoms with Crippen molar-refractivity contribution in [1.29, 1.82) is 0 Å². The number of para-hydroxylation sites is 1. The van der Waals surface area contributed by atoms with Gasteiger partial charge < -0.3 is 15.0 Å². The van der Waals surface area contributed by atoms with E-state index >= 15 is 0 Å². The fourth-order valence-corrected chi connectivity index (χ4v) is 3.74. The summed E-state index contributed by atoms with van der Waals surface area (Å²) < 4.78 is 6.09. The van der Waals surface area contributed by atoms with E-state index in [4.69, 9.17) is 4.74 Å². The number of ether oxygens (including phenoxy) is 1. The summed E-state index contributed by atoms with van der Waals surface area (Å²) >= 11 is 0. The predicted octanol–water partition coefficient (Wildman–Crippen LogP) is 5.22. The van der Waals surface area contributed by atoms with Crippen LogP contribution in [-0.2, 0) is 0 Å². The molecular weight excluding hydrogens is 336 g/mol. The van der Waals surface area contributed by atoms with E-state index in [1.807, 2.05) is 54.3 Å². The van der Waals surface area contributed by atoms with Crippen molar-refractivity contribution in [3.8, 4) is 5.75 Å². The van der Waals surface area contributed by atoms with Crippen molar-refractivity contribution in [2.24, 2.45) is 0 Å². The zero-order chi connectivity index (χ0) is 18.8. The number of anilines is 1. The normalized spacial score (nSPS) is 16.1. The van der Waals surface area contributed by atoms with Crippen molar-refractivity contribution in [3.05, 3.63) is 71.8 Å². The number of benzene rings is 3. The van der Waals surface area contributed by atoms with Gasteiger partial charge in [0.25, 0.3) is 5.91 Å². The van der Waals surface area contributed by atoms with E-state index in [1.54, 1.807) is 0 Å². The van der Waals surface area contributed by atoms with Crippen LogP contribution in [0.3, 0.4) is 0 Å². The molecule has 27 heavy (non-hydrogen) atoms. The third-order valence-electron chi connectivity index (χ3n) is 5.03. The molecule has 0 fully saturated rings. The molecule has 3 aromatic carbocycles. The SMILES string of the molecule is CCCOc1ccc2ccccc2c1C1Nc2ccccc2C(=O)N1CC. The van der Waals surface area contributed by atoms with Crippen molar-refractivity contribution in [3.63, 3.8) is 0 Å². The van der Waals surface area contributed by atoms with Crippen LogP contribution in [0.1, 0.15) is 42.4 Å². The lowest BCUT2D eigenvalue weighted by Gasteiger charge is -2.38. The van der Waals surface area contributed by atoms with Crippen molar-refractivity contribution in [2.75, 3.05) is 18.5 Å². The highest BCUT2D eigenvalue weighted by Gasteiger charge is 2.34. The molecular formula is C23H24N2O2. The van der Waals surface area contributed by atoms with Gasteiger partial charge in [-0.15, -0.1) is 0 Å². The Morgan fingerprint density at radius 3 is 2.59 bits per heavy atom. The van der Waals surface area contributed by atoms with Crippen LogP contribution in [0.2, 0.25) is 0 Å². The standard InChI is InChI=1S/C23H24N2O2/c1-3-15-27-20-14-13-16-9-5-6-10-17(16)21(20)22-24-19-12-8-7-11-18(19)23(26)25(22)4-2/h5-14,22,24H,3-4,15H2,1-2H3. The van der Waals surface area contributed by atoms with Gasteiger partial charge in [-0.2, -0.15) is 0 Å². The molecule has 1 amide bonds. The summed E-state index contributed by atoms with van der Waals surface area (Å²) in [5.41, 5.74) is 2.60. The molecule has 0 bridgehead atoms. The molecule has 3 aromatic rings. The number of nitrogens with one attached hydrogen (secondary N) is 1. The highest BCUT2D eigenvalue weighted by molar-refractivity contribution is 6.02. The minimum absolute atomic E-state index is 0.0474. The fraction of sp³-hybridized carbons (Fsp3) is 0.261. The Kier molecular flexibility index (Phi) is 4.71. The number of rotatable bonds is 5. The topological polar surface area (TPSA) is 41.6 Å². The van der Waals surface area contributed by atoms with Crippen molar-refractivity contribution in [1.82, 2.24) is 4.90 Å². The minimum Gasteiger partial charge on any atom is -0.493 e. The number of hydrogen-bond donors (Lipinski definition) is 1. The van der Waals surface area contributed by atoms with Gasteiger partial charge in [-0.1, -0.05) is 49.4 Å². The Bertz CT molecular complexity index is 983. The maximum Gasteiger partial charge on any atom is 0.257 e. The van der Waals surface area contributed by atoms with E-state index in [1.165, 1.54) is 0 Å². The van der Waals surface area contributed by atoms with Crippen molar-refractivity contribution >= 4 is 22.4 Å². The second-order valence-corrected chi connectivity index (χ2v) is 6.73. The molecule has 1 atom stereocenters. The highest BCUT2D eigenvalue weighted by atomic mass is 16.5. The second kappa shape index (κ2) is 7.31. The van der Waals surface area contributed by atoms with E-state index in [2.05, 4.69) is 30.4 Å².